The van der Waals surface area contributed by atoms with Gasteiger partial charge in [-0.05, 0) is 23.1 Å². The van der Waals surface area contributed by atoms with Gasteiger partial charge in [0.1, 0.15) is 5.69 Å². The maximum Gasteiger partial charge on any atom is 0.432 e. The topological polar surface area (TPSA) is 118 Å². The van der Waals surface area contributed by atoms with Crippen molar-refractivity contribution in [3.8, 4) is 0 Å². The lowest BCUT2D eigenvalue weighted by Gasteiger charge is -2.04. The third kappa shape index (κ3) is 3.69. The Morgan fingerprint density at radius 1 is 1.26 bits per heavy atom. The van der Waals surface area contributed by atoms with Gasteiger partial charge in [0.25, 0.3) is 0 Å². The number of aromatic amines is 1. The number of sulfonamides is 1. The molecule has 11 heteroatoms. The Labute approximate surface area is 153 Å². The molecule has 0 aliphatic heterocycles. The number of rotatable bonds is 4. The first-order valence-electron chi connectivity index (χ1n) is 7.88. The van der Waals surface area contributed by atoms with Gasteiger partial charge in [0.05, 0.1) is 10.8 Å². The fourth-order valence-electron chi connectivity index (χ4n) is 3.35. The van der Waals surface area contributed by atoms with Crippen LogP contribution in [0.25, 0.3) is 0 Å². The average molecular weight is 402 g/mol. The van der Waals surface area contributed by atoms with Crippen molar-refractivity contribution in [2.24, 2.45) is 16.5 Å². The van der Waals surface area contributed by atoms with Gasteiger partial charge >= 0.3 is 6.18 Å². The minimum absolute atomic E-state index is 0.0399. The summed E-state index contributed by atoms with van der Waals surface area (Å²) in [5.41, 5.74) is -0.760. The Kier molecular flexibility index (Phi) is 4.35. The molecule has 1 heterocycles. The van der Waals surface area contributed by atoms with Crippen molar-refractivity contribution in [2.75, 3.05) is 5.32 Å². The molecule has 4 N–H and O–H groups in total. The molecule has 146 valence electrons. The van der Waals surface area contributed by atoms with Crippen LogP contribution in [0.1, 0.15) is 31.0 Å². The molecule has 0 radical (unpaired) electrons. The lowest BCUT2D eigenvalue weighted by atomic mass is 10.0. The van der Waals surface area contributed by atoms with E-state index in [9.17, 15) is 26.4 Å². The van der Waals surface area contributed by atoms with E-state index < -0.39 is 39.1 Å². The Morgan fingerprint density at radius 3 is 2.33 bits per heavy atom. The Hall–Kier alpha value is -2.40. The summed E-state index contributed by atoms with van der Waals surface area (Å²) in [6.45, 7) is 3.70. The first-order chi connectivity index (χ1) is 12.3. The van der Waals surface area contributed by atoms with Crippen molar-refractivity contribution in [3.05, 3.63) is 41.6 Å². The first-order valence-corrected chi connectivity index (χ1v) is 9.42. The van der Waals surface area contributed by atoms with Crippen molar-refractivity contribution in [3.63, 3.8) is 0 Å². The number of hydrogen-bond donors (Lipinski definition) is 3. The molecule has 1 aromatic heterocycles. The number of alkyl halides is 3. The molecular formula is C16H17F3N4O3S. The normalized spacial score (nSPS) is 21.7. The van der Waals surface area contributed by atoms with Crippen molar-refractivity contribution in [1.82, 2.24) is 10.2 Å². The molecule has 0 saturated heterocycles. The van der Waals surface area contributed by atoms with Crippen LogP contribution in [-0.4, -0.2) is 24.5 Å². The predicted molar refractivity (Wildman–Crippen MR) is 90.0 cm³/mol. The van der Waals surface area contributed by atoms with Gasteiger partial charge in [0.2, 0.25) is 15.9 Å². The minimum Gasteiger partial charge on any atom is -0.309 e. The summed E-state index contributed by atoms with van der Waals surface area (Å²) in [5, 5.41) is 12.7. The molecule has 1 saturated carbocycles. The number of primary sulfonamides is 1. The quantitative estimate of drug-likeness (QED) is 0.728. The SMILES string of the molecule is CC1(C)C(C(=O)Nc2cc(C(F)(F)F)[nH]n2)C1c1ccc(S(N)(=O)=O)cc1. The molecule has 2 unspecified atom stereocenters. The van der Waals surface area contributed by atoms with Crippen LogP contribution in [0.3, 0.4) is 0 Å². The highest BCUT2D eigenvalue weighted by atomic mass is 32.2. The van der Waals surface area contributed by atoms with Gasteiger partial charge < -0.3 is 5.32 Å². The third-order valence-electron chi connectivity index (χ3n) is 4.81. The molecule has 0 bridgehead atoms. The summed E-state index contributed by atoms with van der Waals surface area (Å²) in [5.74, 6) is -1.38. The highest BCUT2D eigenvalue weighted by Gasteiger charge is 2.62. The van der Waals surface area contributed by atoms with Gasteiger partial charge in [0.15, 0.2) is 5.82 Å². The number of H-pyrrole nitrogens is 1. The molecule has 7 nitrogen and oxygen atoms in total. The third-order valence-corrected chi connectivity index (χ3v) is 5.74. The molecule has 2 atom stereocenters. The van der Waals surface area contributed by atoms with Gasteiger partial charge in [-0.25, -0.2) is 13.6 Å². The van der Waals surface area contributed by atoms with E-state index in [1.807, 2.05) is 18.9 Å². The van der Waals surface area contributed by atoms with Crippen molar-refractivity contribution in [2.45, 2.75) is 30.8 Å². The number of aromatic nitrogens is 2. The summed E-state index contributed by atoms with van der Waals surface area (Å²) in [4.78, 5) is 12.5. The Balaban J connectivity index is 1.75. The number of nitrogens with zero attached hydrogens (tertiary/aromatic N) is 1. The van der Waals surface area contributed by atoms with Crippen molar-refractivity contribution >= 4 is 21.7 Å². The predicted octanol–water partition coefficient (Wildman–Crippen LogP) is 2.45. The van der Waals surface area contributed by atoms with Crippen LogP contribution in [0.4, 0.5) is 19.0 Å². The van der Waals surface area contributed by atoms with Crippen LogP contribution in [0.5, 0.6) is 0 Å². The van der Waals surface area contributed by atoms with Crippen LogP contribution in [0.2, 0.25) is 0 Å². The highest BCUT2D eigenvalue weighted by Crippen LogP contribution is 2.64. The Bertz CT molecular complexity index is 981. The number of benzene rings is 1. The van der Waals surface area contributed by atoms with E-state index in [0.717, 1.165) is 11.6 Å². The zero-order valence-electron chi connectivity index (χ0n) is 14.3. The molecule has 1 fully saturated rings. The number of nitrogens with two attached hydrogens (primary N) is 1. The van der Waals surface area contributed by atoms with Crippen LogP contribution >= 0.6 is 0 Å². The minimum atomic E-state index is -4.58. The molecule has 1 aliphatic carbocycles. The number of carbonyl (C=O) groups excluding carboxylic acids is 1. The number of nitrogens with one attached hydrogen (secondary N) is 2. The number of hydrogen-bond acceptors (Lipinski definition) is 4. The fraction of sp³-hybridized carbons (Fsp3) is 0.375. The summed E-state index contributed by atoms with van der Waals surface area (Å²) in [6.07, 6.45) is -4.58. The summed E-state index contributed by atoms with van der Waals surface area (Å²) >= 11 is 0. The average Bonchev–Trinajstić information content (AvgIpc) is 2.88. The van der Waals surface area contributed by atoms with E-state index in [4.69, 9.17) is 5.14 Å². The maximum atomic E-state index is 12.6. The molecule has 1 aliphatic rings. The number of amides is 1. The van der Waals surface area contributed by atoms with Gasteiger partial charge in [-0.3, -0.25) is 9.89 Å². The zero-order valence-corrected chi connectivity index (χ0v) is 15.1. The van der Waals surface area contributed by atoms with Gasteiger partial charge in [-0.2, -0.15) is 18.3 Å². The number of halogens is 3. The first kappa shape index (κ1) is 19.4. The van der Waals surface area contributed by atoms with Gasteiger partial charge in [-0.1, -0.05) is 26.0 Å². The van der Waals surface area contributed by atoms with E-state index in [1.165, 1.54) is 12.1 Å². The van der Waals surface area contributed by atoms with Gasteiger partial charge in [0, 0.05) is 12.0 Å². The zero-order chi connectivity index (χ0) is 20.2. The van der Waals surface area contributed by atoms with Crippen LogP contribution < -0.4 is 10.5 Å². The largest absolute Gasteiger partial charge is 0.432 e. The number of anilines is 1. The molecule has 1 amide bonds. The second-order valence-electron chi connectivity index (χ2n) is 7.04. The van der Waals surface area contributed by atoms with Crippen molar-refractivity contribution in [1.29, 1.82) is 0 Å². The van der Waals surface area contributed by atoms with Crippen LogP contribution in [0.15, 0.2) is 35.2 Å². The lowest BCUT2D eigenvalue weighted by molar-refractivity contribution is -0.141. The van der Waals surface area contributed by atoms with E-state index in [2.05, 4.69) is 10.4 Å². The second-order valence-corrected chi connectivity index (χ2v) is 8.61. The van der Waals surface area contributed by atoms with Crippen molar-refractivity contribution < 1.29 is 26.4 Å². The van der Waals surface area contributed by atoms with E-state index in [0.29, 0.717) is 0 Å². The molecule has 1 aromatic carbocycles. The molecule has 3 rings (SSSR count). The second kappa shape index (κ2) is 6.06. The van der Waals surface area contributed by atoms with Gasteiger partial charge in [-0.15, -0.1) is 0 Å². The highest BCUT2D eigenvalue weighted by molar-refractivity contribution is 7.89. The van der Waals surface area contributed by atoms with E-state index in [1.54, 1.807) is 12.1 Å². The van der Waals surface area contributed by atoms with E-state index in [-0.39, 0.29) is 16.6 Å². The Morgan fingerprint density at radius 2 is 1.85 bits per heavy atom. The lowest BCUT2D eigenvalue weighted by Crippen LogP contribution is -2.17. The monoisotopic (exact) mass is 402 g/mol. The van der Waals surface area contributed by atoms with Crippen LogP contribution in [-0.2, 0) is 21.0 Å². The fourth-order valence-corrected chi connectivity index (χ4v) is 3.86. The standard InChI is InChI=1S/C16H17F3N4O3S/c1-15(2)12(8-3-5-9(6-4-8)27(20,25)26)13(15)14(24)21-11-7-10(22-23-11)16(17,18)19/h3-7,12-13H,1-2H3,(H2,20,25,26)(H2,21,22,23,24). The molecule has 2 aromatic rings. The number of carbonyl (C=O) groups is 1. The smallest absolute Gasteiger partial charge is 0.309 e. The summed E-state index contributed by atoms with van der Waals surface area (Å²) < 4.78 is 60.4. The van der Waals surface area contributed by atoms with E-state index >= 15 is 0 Å². The summed E-state index contributed by atoms with van der Waals surface area (Å²) in [7, 11) is -3.82. The maximum absolute atomic E-state index is 12.6. The molecular weight excluding hydrogens is 385 g/mol. The molecule has 27 heavy (non-hydrogen) atoms. The van der Waals surface area contributed by atoms with Crippen LogP contribution in [0, 0.1) is 11.3 Å². The summed E-state index contributed by atoms with van der Waals surface area (Å²) in [6, 6.07) is 6.60. The molecule has 0 spiro atoms.